The molecule has 0 radical (unpaired) electrons. The third-order valence-corrected chi connectivity index (χ3v) is 2.69. The third-order valence-electron chi connectivity index (χ3n) is 2.69. The van der Waals surface area contributed by atoms with Crippen molar-refractivity contribution >= 4 is 11.8 Å². The van der Waals surface area contributed by atoms with Crippen LogP contribution >= 0.6 is 0 Å². The molecular formula is C9H14N2O3. The Labute approximate surface area is 82.6 Å². The van der Waals surface area contributed by atoms with Crippen molar-refractivity contribution in [3.63, 3.8) is 0 Å². The van der Waals surface area contributed by atoms with Crippen LogP contribution in [-0.4, -0.2) is 48.5 Å². The summed E-state index contributed by atoms with van der Waals surface area (Å²) in [5, 5.41) is 1.40. The van der Waals surface area contributed by atoms with E-state index >= 15 is 0 Å². The number of carbonyl (C=O) groups is 2. The summed E-state index contributed by atoms with van der Waals surface area (Å²) in [7, 11) is 1.72. The van der Waals surface area contributed by atoms with Gasteiger partial charge < -0.3 is 4.90 Å². The molecule has 2 aliphatic heterocycles. The second-order valence-corrected chi connectivity index (χ2v) is 3.80. The summed E-state index contributed by atoms with van der Waals surface area (Å²) >= 11 is 0. The Morgan fingerprint density at radius 1 is 1.57 bits per heavy atom. The van der Waals surface area contributed by atoms with Crippen LogP contribution in [0.4, 0.5) is 0 Å². The van der Waals surface area contributed by atoms with Crippen molar-refractivity contribution in [2.75, 3.05) is 26.7 Å². The molecule has 0 aromatic carbocycles. The van der Waals surface area contributed by atoms with Crippen molar-refractivity contribution in [1.29, 1.82) is 0 Å². The van der Waals surface area contributed by atoms with E-state index in [1.165, 1.54) is 5.06 Å². The molecule has 2 saturated heterocycles. The van der Waals surface area contributed by atoms with Crippen LogP contribution in [0.5, 0.6) is 0 Å². The normalized spacial score (nSPS) is 27.5. The van der Waals surface area contributed by atoms with Crippen molar-refractivity contribution in [1.82, 2.24) is 9.96 Å². The Balaban J connectivity index is 1.95. The van der Waals surface area contributed by atoms with Crippen LogP contribution in [0.1, 0.15) is 12.8 Å². The van der Waals surface area contributed by atoms with Gasteiger partial charge in [-0.25, -0.2) is 5.06 Å². The molecule has 0 aliphatic carbocycles. The number of hydrogen-bond acceptors (Lipinski definition) is 3. The molecule has 0 bridgehead atoms. The highest BCUT2D eigenvalue weighted by molar-refractivity contribution is 5.88. The summed E-state index contributed by atoms with van der Waals surface area (Å²) in [6, 6.07) is 0. The van der Waals surface area contributed by atoms with Crippen molar-refractivity contribution in [2.45, 2.75) is 12.8 Å². The summed E-state index contributed by atoms with van der Waals surface area (Å²) < 4.78 is 0. The number of rotatable bonds is 1. The van der Waals surface area contributed by atoms with Gasteiger partial charge in [-0.3, -0.25) is 14.4 Å². The fourth-order valence-corrected chi connectivity index (χ4v) is 1.85. The predicted octanol–water partition coefficient (Wildman–Crippen LogP) is -0.371. The molecule has 2 heterocycles. The highest BCUT2D eigenvalue weighted by Gasteiger charge is 2.36. The zero-order valence-electron chi connectivity index (χ0n) is 8.23. The summed E-state index contributed by atoms with van der Waals surface area (Å²) in [5.74, 6) is -0.201. The van der Waals surface area contributed by atoms with E-state index in [1.807, 2.05) is 0 Å². The fourth-order valence-electron chi connectivity index (χ4n) is 1.85. The number of amides is 2. The molecule has 1 unspecified atom stereocenters. The lowest BCUT2D eigenvalue weighted by Crippen LogP contribution is -2.34. The highest BCUT2D eigenvalue weighted by atomic mass is 16.7. The summed E-state index contributed by atoms with van der Waals surface area (Å²) in [5.41, 5.74) is 0. The fraction of sp³-hybridized carbons (Fsp3) is 0.778. The van der Waals surface area contributed by atoms with Crippen LogP contribution in [-0.2, 0) is 14.4 Å². The number of likely N-dealkylation sites (tertiary alicyclic amines) is 1. The maximum absolute atomic E-state index is 11.8. The van der Waals surface area contributed by atoms with Gasteiger partial charge in [0.25, 0.3) is 5.91 Å². The Bertz CT molecular complexity index is 261. The van der Waals surface area contributed by atoms with Crippen molar-refractivity contribution in [2.24, 2.45) is 5.92 Å². The molecule has 2 fully saturated rings. The first-order valence-electron chi connectivity index (χ1n) is 4.87. The van der Waals surface area contributed by atoms with Crippen LogP contribution in [0.25, 0.3) is 0 Å². The molecule has 5 nitrogen and oxygen atoms in total. The topological polar surface area (TPSA) is 49.9 Å². The Kier molecular flexibility index (Phi) is 2.41. The second kappa shape index (κ2) is 3.57. The van der Waals surface area contributed by atoms with E-state index in [2.05, 4.69) is 0 Å². The van der Waals surface area contributed by atoms with E-state index in [1.54, 1.807) is 11.9 Å². The predicted molar refractivity (Wildman–Crippen MR) is 48.0 cm³/mol. The lowest BCUT2D eigenvalue weighted by atomic mass is 10.1. The molecule has 0 N–H and O–H groups in total. The van der Waals surface area contributed by atoms with E-state index in [4.69, 9.17) is 4.84 Å². The van der Waals surface area contributed by atoms with Crippen LogP contribution in [0.3, 0.4) is 0 Å². The maximum Gasteiger partial charge on any atom is 0.251 e. The van der Waals surface area contributed by atoms with Gasteiger partial charge in [0.1, 0.15) is 0 Å². The summed E-state index contributed by atoms with van der Waals surface area (Å²) in [4.78, 5) is 29.7. The monoisotopic (exact) mass is 198 g/mol. The molecule has 2 amide bonds. The van der Waals surface area contributed by atoms with Gasteiger partial charge in [0.2, 0.25) is 5.91 Å². The first kappa shape index (κ1) is 9.45. The zero-order chi connectivity index (χ0) is 10.1. The standard InChI is InChI=1S/C9H14N2O3/c1-10-6-7(5-8(10)12)9(13)11-3-2-4-14-11/h7H,2-6H2,1H3. The van der Waals surface area contributed by atoms with Gasteiger partial charge in [0.15, 0.2) is 0 Å². The molecule has 0 aromatic rings. The molecule has 2 aliphatic rings. The minimum atomic E-state index is -0.203. The Hall–Kier alpha value is -1.10. The van der Waals surface area contributed by atoms with Gasteiger partial charge >= 0.3 is 0 Å². The van der Waals surface area contributed by atoms with Gasteiger partial charge in [0.05, 0.1) is 19.1 Å². The molecule has 78 valence electrons. The quantitative estimate of drug-likeness (QED) is 0.577. The van der Waals surface area contributed by atoms with E-state index in [-0.39, 0.29) is 17.7 Å². The molecule has 0 saturated carbocycles. The molecule has 0 spiro atoms. The number of nitrogens with zero attached hydrogens (tertiary/aromatic N) is 2. The number of hydroxylamine groups is 2. The number of carbonyl (C=O) groups excluding carboxylic acids is 2. The van der Waals surface area contributed by atoms with E-state index in [0.717, 1.165) is 6.42 Å². The van der Waals surface area contributed by atoms with Crippen molar-refractivity contribution in [3.05, 3.63) is 0 Å². The van der Waals surface area contributed by atoms with E-state index < -0.39 is 0 Å². The molecule has 0 aromatic heterocycles. The minimum absolute atomic E-state index is 0.0415. The van der Waals surface area contributed by atoms with E-state index in [0.29, 0.717) is 26.1 Å². The maximum atomic E-state index is 11.8. The largest absolute Gasteiger partial charge is 0.345 e. The molecule has 5 heteroatoms. The molecule has 14 heavy (non-hydrogen) atoms. The lowest BCUT2D eigenvalue weighted by molar-refractivity contribution is -0.173. The molecular weight excluding hydrogens is 184 g/mol. The Morgan fingerprint density at radius 2 is 2.36 bits per heavy atom. The van der Waals surface area contributed by atoms with Crippen LogP contribution in [0, 0.1) is 5.92 Å². The van der Waals surface area contributed by atoms with Crippen LogP contribution < -0.4 is 0 Å². The van der Waals surface area contributed by atoms with Gasteiger partial charge in [-0.1, -0.05) is 0 Å². The lowest BCUT2D eigenvalue weighted by Gasteiger charge is -2.17. The molecule has 1 atom stereocenters. The first-order valence-corrected chi connectivity index (χ1v) is 4.87. The SMILES string of the molecule is CN1CC(C(=O)N2CCCO2)CC1=O. The van der Waals surface area contributed by atoms with Gasteiger partial charge in [-0.15, -0.1) is 0 Å². The molecule has 2 rings (SSSR count). The average molecular weight is 198 g/mol. The van der Waals surface area contributed by atoms with Crippen molar-refractivity contribution in [3.8, 4) is 0 Å². The highest BCUT2D eigenvalue weighted by Crippen LogP contribution is 2.20. The zero-order valence-corrected chi connectivity index (χ0v) is 8.23. The smallest absolute Gasteiger partial charge is 0.251 e. The summed E-state index contributed by atoms with van der Waals surface area (Å²) in [6.45, 7) is 1.80. The van der Waals surface area contributed by atoms with Gasteiger partial charge in [-0.05, 0) is 6.42 Å². The van der Waals surface area contributed by atoms with Gasteiger partial charge in [0, 0.05) is 20.0 Å². The third kappa shape index (κ3) is 1.59. The minimum Gasteiger partial charge on any atom is -0.345 e. The van der Waals surface area contributed by atoms with Crippen molar-refractivity contribution < 1.29 is 14.4 Å². The van der Waals surface area contributed by atoms with Gasteiger partial charge in [-0.2, -0.15) is 0 Å². The summed E-state index contributed by atoms with van der Waals surface area (Å²) in [6.07, 6.45) is 1.22. The van der Waals surface area contributed by atoms with Crippen LogP contribution in [0.15, 0.2) is 0 Å². The number of hydrogen-bond donors (Lipinski definition) is 0. The average Bonchev–Trinajstić information content (AvgIpc) is 2.76. The Morgan fingerprint density at radius 3 is 2.86 bits per heavy atom. The second-order valence-electron chi connectivity index (χ2n) is 3.80. The van der Waals surface area contributed by atoms with Crippen LogP contribution in [0.2, 0.25) is 0 Å². The van der Waals surface area contributed by atoms with E-state index in [9.17, 15) is 9.59 Å². The first-order chi connectivity index (χ1) is 6.68.